The number of halogens is 1. The van der Waals surface area contributed by atoms with Crippen LogP contribution in [0.5, 0.6) is 0 Å². The number of nitrogens with one attached hydrogen (secondary N) is 1. The van der Waals surface area contributed by atoms with Crippen LogP contribution >= 0.6 is 11.6 Å². The lowest BCUT2D eigenvalue weighted by molar-refractivity contribution is -0.139. The topological polar surface area (TPSA) is 92.2 Å². The number of nitrogens with zero attached hydrogens (tertiary/aromatic N) is 2. The van der Waals surface area contributed by atoms with Gasteiger partial charge >= 0.3 is 5.97 Å². The molecule has 1 atom stereocenters. The number of carbonyl (C=O) groups excluding carboxylic acids is 1. The standard InChI is InChI=1S/C13H16ClN3O3/c1-4-5-9(13(19)20)16-12(18)10-8(14)6-15-11(17-10)7(2)3/h4,6-7,9H,1,5H2,2-3H3,(H,16,18)(H,19,20). The highest BCUT2D eigenvalue weighted by atomic mass is 35.5. The second-order valence-electron chi connectivity index (χ2n) is 4.47. The van der Waals surface area contributed by atoms with Gasteiger partial charge in [0.05, 0.1) is 11.2 Å². The molecule has 0 aliphatic heterocycles. The maximum absolute atomic E-state index is 12.0. The lowest BCUT2D eigenvalue weighted by Gasteiger charge is -2.13. The predicted octanol–water partition coefficient (Wildman–Crippen LogP) is 2.01. The van der Waals surface area contributed by atoms with Crippen molar-refractivity contribution in [3.63, 3.8) is 0 Å². The van der Waals surface area contributed by atoms with Crippen LogP contribution in [-0.2, 0) is 4.79 Å². The van der Waals surface area contributed by atoms with E-state index in [9.17, 15) is 9.59 Å². The molecule has 1 heterocycles. The molecular formula is C13H16ClN3O3. The second kappa shape index (κ2) is 7.00. The summed E-state index contributed by atoms with van der Waals surface area (Å²) in [5.74, 6) is -1.29. The predicted molar refractivity (Wildman–Crippen MR) is 74.8 cm³/mol. The van der Waals surface area contributed by atoms with Crippen molar-refractivity contribution in [1.82, 2.24) is 15.3 Å². The zero-order chi connectivity index (χ0) is 15.3. The summed E-state index contributed by atoms with van der Waals surface area (Å²) in [5, 5.41) is 11.4. The molecule has 1 amide bonds. The minimum absolute atomic E-state index is 0.0271. The third-order valence-corrected chi connectivity index (χ3v) is 2.78. The average molecular weight is 298 g/mol. The van der Waals surface area contributed by atoms with Crippen LogP contribution in [-0.4, -0.2) is 33.0 Å². The molecule has 0 aliphatic rings. The largest absolute Gasteiger partial charge is 0.480 e. The maximum Gasteiger partial charge on any atom is 0.326 e. The van der Waals surface area contributed by atoms with Crippen LogP contribution < -0.4 is 5.32 Å². The van der Waals surface area contributed by atoms with E-state index < -0.39 is 17.9 Å². The number of carboxylic acid groups (broad SMARTS) is 1. The Kier molecular flexibility index (Phi) is 5.64. The average Bonchev–Trinajstić information content (AvgIpc) is 2.38. The van der Waals surface area contributed by atoms with E-state index in [0.717, 1.165) is 0 Å². The van der Waals surface area contributed by atoms with Crippen LogP contribution in [0, 0.1) is 0 Å². The highest BCUT2D eigenvalue weighted by molar-refractivity contribution is 6.33. The van der Waals surface area contributed by atoms with Gasteiger partial charge in [-0.05, 0) is 6.42 Å². The van der Waals surface area contributed by atoms with Gasteiger partial charge in [0.25, 0.3) is 5.91 Å². The molecule has 0 bridgehead atoms. The fourth-order valence-corrected chi connectivity index (χ4v) is 1.61. The molecule has 0 aliphatic carbocycles. The molecule has 1 aromatic rings. The maximum atomic E-state index is 12.0. The molecule has 6 nitrogen and oxygen atoms in total. The molecule has 7 heteroatoms. The zero-order valence-electron chi connectivity index (χ0n) is 11.3. The second-order valence-corrected chi connectivity index (χ2v) is 4.88. The molecule has 0 saturated carbocycles. The van der Waals surface area contributed by atoms with Crippen molar-refractivity contribution in [1.29, 1.82) is 0 Å². The molecule has 1 aromatic heterocycles. The van der Waals surface area contributed by atoms with Gasteiger partial charge in [-0.15, -0.1) is 6.58 Å². The normalized spacial score (nSPS) is 12.0. The van der Waals surface area contributed by atoms with E-state index in [-0.39, 0.29) is 23.1 Å². The van der Waals surface area contributed by atoms with Gasteiger partial charge in [0, 0.05) is 5.92 Å². The van der Waals surface area contributed by atoms with Crippen LogP contribution in [0.3, 0.4) is 0 Å². The monoisotopic (exact) mass is 297 g/mol. The Bertz CT molecular complexity index is 532. The summed E-state index contributed by atoms with van der Waals surface area (Å²) in [6.45, 7) is 7.21. The molecule has 1 rings (SSSR count). The lowest BCUT2D eigenvalue weighted by atomic mass is 10.2. The molecule has 1 unspecified atom stereocenters. The first-order valence-corrected chi connectivity index (χ1v) is 6.41. The van der Waals surface area contributed by atoms with Crippen molar-refractivity contribution < 1.29 is 14.7 Å². The lowest BCUT2D eigenvalue weighted by Crippen LogP contribution is -2.41. The van der Waals surface area contributed by atoms with Crippen LogP contribution in [0.1, 0.15) is 42.5 Å². The van der Waals surface area contributed by atoms with Crippen molar-refractivity contribution in [2.75, 3.05) is 0 Å². The fourth-order valence-electron chi connectivity index (χ4n) is 1.43. The molecule has 0 spiro atoms. The number of aromatic nitrogens is 2. The van der Waals surface area contributed by atoms with Gasteiger partial charge in [-0.25, -0.2) is 14.8 Å². The van der Waals surface area contributed by atoms with Crippen LogP contribution in [0.4, 0.5) is 0 Å². The summed E-state index contributed by atoms with van der Waals surface area (Å²) < 4.78 is 0. The Morgan fingerprint density at radius 2 is 2.20 bits per heavy atom. The molecule has 0 saturated heterocycles. The van der Waals surface area contributed by atoms with Gasteiger partial charge in [0.1, 0.15) is 17.6 Å². The SMILES string of the molecule is C=CCC(NC(=O)c1nc(C(C)C)ncc1Cl)C(=O)O. The quantitative estimate of drug-likeness (QED) is 0.784. The van der Waals surface area contributed by atoms with Crippen molar-refractivity contribution in [3.05, 3.63) is 35.4 Å². The molecule has 0 aromatic carbocycles. The highest BCUT2D eigenvalue weighted by Crippen LogP contribution is 2.16. The summed E-state index contributed by atoms with van der Waals surface area (Å²) in [7, 11) is 0. The number of hydrogen-bond acceptors (Lipinski definition) is 4. The number of aliphatic carboxylic acids is 1. The van der Waals surface area contributed by atoms with E-state index >= 15 is 0 Å². The van der Waals surface area contributed by atoms with Gasteiger partial charge in [-0.3, -0.25) is 4.79 Å². The first-order valence-electron chi connectivity index (χ1n) is 6.03. The Morgan fingerprint density at radius 1 is 1.55 bits per heavy atom. The summed E-state index contributed by atoms with van der Waals surface area (Å²) in [5.41, 5.74) is -0.0271. The number of rotatable bonds is 6. The van der Waals surface area contributed by atoms with Crippen molar-refractivity contribution in [2.24, 2.45) is 0 Å². The van der Waals surface area contributed by atoms with Gasteiger partial charge in [-0.1, -0.05) is 31.5 Å². The van der Waals surface area contributed by atoms with Crippen molar-refractivity contribution in [2.45, 2.75) is 32.2 Å². The molecule has 108 valence electrons. The number of carboxylic acids is 1. The first-order chi connectivity index (χ1) is 9.36. The number of amides is 1. The highest BCUT2D eigenvalue weighted by Gasteiger charge is 2.22. The fraction of sp³-hybridized carbons (Fsp3) is 0.385. The zero-order valence-corrected chi connectivity index (χ0v) is 12.0. The van der Waals surface area contributed by atoms with Gasteiger partial charge in [0.2, 0.25) is 0 Å². The van der Waals surface area contributed by atoms with E-state index in [2.05, 4.69) is 21.9 Å². The first kappa shape index (κ1) is 16.1. The summed E-state index contributed by atoms with van der Waals surface area (Å²) in [6, 6.07) is -1.06. The van der Waals surface area contributed by atoms with Crippen molar-refractivity contribution in [3.8, 4) is 0 Å². The third-order valence-electron chi connectivity index (χ3n) is 2.50. The van der Waals surface area contributed by atoms with Crippen LogP contribution in [0.25, 0.3) is 0 Å². The molecule has 0 radical (unpaired) electrons. The summed E-state index contributed by atoms with van der Waals surface area (Å²) in [6.07, 6.45) is 2.86. The molecule has 2 N–H and O–H groups in total. The Hall–Kier alpha value is -1.95. The van der Waals surface area contributed by atoms with E-state index in [0.29, 0.717) is 5.82 Å². The van der Waals surface area contributed by atoms with Gasteiger partial charge in [0.15, 0.2) is 0 Å². The van der Waals surface area contributed by atoms with E-state index in [4.69, 9.17) is 16.7 Å². The van der Waals surface area contributed by atoms with Crippen LogP contribution in [0.15, 0.2) is 18.9 Å². The number of carbonyl (C=O) groups is 2. The van der Waals surface area contributed by atoms with Crippen molar-refractivity contribution >= 4 is 23.5 Å². The Morgan fingerprint density at radius 3 is 2.70 bits per heavy atom. The van der Waals surface area contributed by atoms with E-state index in [1.54, 1.807) is 0 Å². The Balaban J connectivity index is 2.99. The Labute approximate surface area is 121 Å². The molecular weight excluding hydrogens is 282 g/mol. The number of hydrogen-bond donors (Lipinski definition) is 2. The molecule has 20 heavy (non-hydrogen) atoms. The minimum atomic E-state index is -1.15. The van der Waals surface area contributed by atoms with Crippen LogP contribution in [0.2, 0.25) is 5.02 Å². The molecule has 0 fully saturated rings. The van der Waals surface area contributed by atoms with E-state index in [1.807, 2.05) is 13.8 Å². The third kappa shape index (κ3) is 4.03. The van der Waals surface area contributed by atoms with Gasteiger partial charge in [-0.2, -0.15) is 0 Å². The smallest absolute Gasteiger partial charge is 0.326 e. The van der Waals surface area contributed by atoms with E-state index in [1.165, 1.54) is 12.3 Å². The summed E-state index contributed by atoms with van der Waals surface area (Å²) in [4.78, 5) is 31.1. The summed E-state index contributed by atoms with van der Waals surface area (Å²) >= 11 is 5.88. The van der Waals surface area contributed by atoms with Gasteiger partial charge < -0.3 is 10.4 Å². The minimum Gasteiger partial charge on any atom is -0.480 e.